The third kappa shape index (κ3) is 3.99. The first kappa shape index (κ1) is 15.0. The molecule has 0 bridgehead atoms. The molecule has 0 radical (unpaired) electrons. The van der Waals surface area contributed by atoms with Crippen LogP contribution in [0.5, 0.6) is 0 Å². The molecule has 0 heterocycles. The number of carbonyl (C=O) groups is 1. The predicted molar refractivity (Wildman–Crippen MR) is 73.1 cm³/mol. The van der Waals surface area contributed by atoms with Crippen molar-refractivity contribution in [2.75, 3.05) is 0 Å². The van der Waals surface area contributed by atoms with Crippen molar-refractivity contribution in [1.82, 2.24) is 0 Å². The molecule has 1 N–H and O–H groups in total. The van der Waals surface area contributed by atoms with E-state index in [1.165, 1.54) is 17.8 Å². The van der Waals surface area contributed by atoms with E-state index in [2.05, 4.69) is 15.9 Å². The van der Waals surface area contributed by atoms with Gasteiger partial charge in [0.2, 0.25) is 0 Å². The van der Waals surface area contributed by atoms with Gasteiger partial charge >= 0.3 is 5.97 Å². The van der Waals surface area contributed by atoms with Crippen LogP contribution < -0.4 is 0 Å². The SMILES string of the molecule is Cc1cc(SC(C)CC(=O)O)c(Br)cc1[N+](=O)[O-]. The second-order valence-electron chi connectivity index (χ2n) is 3.85. The first-order valence-electron chi connectivity index (χ1n) is 5.14. The van der Waals surface area contributed by atoms with Gasteiger partial charge in [0.1, 0.15) is 0 Å². The van der Waals surface area contributed by atoms with E-state index < -0.39 is 10.9 Å². The van der Waals surface area contributed by atoms with Gasteiger partial charge in [-0.25, -0.2) is 0 Å². The number of halogens is 1. The lowest BCUT2D eigenvalue weighted by Crippen LogP contribution is -2.05. The van der Waals surface area contributed by atoms with Crippen LogP contribution in [0.2, 0.25) is 0 Å². The molecule has 18 heavy (non-hydrogen) atoms. The van der Waals surface area contributed by atoms with Crippen LogP contribution in [0.4, 0.5) is 5.69 Å². The van der Waals surface area contributed by atoms with Crippen LogP contribution >= 0.6 is 27.7 Å². The lowest BCUT2D eigenvalue weighted by molar-refractivity contribution is -0.385. The lowest BCUT2D eigenvalue weighted by atomic mass is 10.2. The summed E-state index contributed by atoms with van der Waals surface area (Å²) in [6.07, 6.45) is 0.0488. The molecule has 7 heteroatoms. The number of aliphatic carboxylic acids is 1. The van der Waals surface area contributed by atoms with Gasteiger partial charge in [-0.2, -0.15) is 0 Å². The normalized spacial score (nSPS) is 12.2. The standard InChI is InChI=1S/C11H12BrNO4S/c1-6-3-10(18-7(2)4-11(14)15)8(12)5-9(6)13(16)17/h3,5,7H,4H2,1-2H3,(H,14,15). The molecule has 0 saturated heterocycles. The van der Waals surface area contributed by atoms with E-state index in [4.69, 9.17) is 5.11 Å². The van der Waals surface area contributed by atoms with Crippen molar-refractivity contribution in [2.24, 2.45) is 0 Å². The largest absolute Gasteiger partial charge is 0.481 e. The van der Waals surface area contributed by atoms with E-state index >= 15 is 0 Å². The molecule has 0 amide bonds. The number of rotatable bonds is 5. The number of carboxylic acid groups (broad SMARTS) is 1. The lowest BCUT2D eigenvalue weighted by Gasteiger charge is -2.11. The molecule has 1 rings (SSSR count). The molecule has 1 atom stereocenters. The Morgan fingerprint density at radius 2 is 2.22 bits per heavy atom. The van der Waals surface area contributed by atoms with Gasteiger partial charge in [0, 0.05) is 26.2 Å². The van der Waals surface area contributed by atoms with Crippen LogP contribution in [0.1, 0.15) is 18.9 Å². The van der Waals surface area contributed by atoms with Crippen LogP contribution in [0.15, 0.2) is 21.5 Å². The van der Waals surface area contributed by atoms with Gasteiger partial charge in [-0.1, -0.05) is 6.92 Å². The summed E-state index contributed by atoms with van der Waals surface area (Å²) >= 11 is 4.65. The smallest absolute Gasteiger partial charge is 0.304 e. The summed E-state index contributed by atoms with van der Waals surface area (Å²) in [4.78, 5) is 21.7. The number of hydrogen-bond donors (Lipinski definition) is 1. The molecule has 0 saturated carbocycles. The molecule has 98 valence electrons. The van der Waals surface area contributed by atoms with Crippen molar-refractivity contribution in [3.8, 4) is 0 Å². The maximum Gasteiger partial charge on any atom is 0.304 e. The molecule has 1 unspecified atom stereocenters. The van der Waals surface area contributed by atoms with Gasteiger partial charge in [0.15, 0.2) is 0 Å². The van der Waals surface area contributed by atoms with Gasteiger partial charge in [-0.15, -0.1) is 11.8 Å². The highest BCUT2D eigenvalue weighted by molar-refractivity contribution is 9.10. The van der Waals surface area contributed by atoms with E-state index in [1.807, 2.05) is 6.92 Å². The fraction of sp³-hybridized carbons (Fsp3) is 0.364. The van der Waals surface area contributed by atoms with Gasteiger partial charge < -0.3 is 5.11 Å². The predicted octanol–water partition coefficient (Wildman–Crippen LogP) is 3.62. The van der Waals surface area contributed by atoms with Crippen molar-refractivity contribution in [2.45, 2.75) is 30.4 Å². The van der Waals surface area contributed by atoms with Crippen molar-refractivity contribution in [3.05, 3.63) is 32.3 Å². The molecular weight excluding hydrogens is 322 g/mol. The Morgan fingerprint density at radius 1 is 1.61 bits per heavy atom. The molecule has 0 aliphatic carbocycles. The second-order valence-corrected chi connectivity index (χ2v) is 6.19. The van der Waals surface area contributed by atoms with E-state index in [9.17, 15) is 14.9 Å². The molecular formula is C11H12BrNO4S. The Kier molecular flexibility index (Phi) is 5.15. The molecule has 0 spiro atoms. The number of nitro benzene ring substituents is 1. The van der Waals surface area contributed by atoms with Crippen LogP contribution in [-0.2, 0) is 4.79 Å². The van der Waals surface area contributed by atoms with Gasteiger partial charge in [-0.3, -0.25) is 14.9 Å². The number of thioether (sulfide) groups is 1. The Hall–Kier alpha value is -1.08. The number of nitro groups is 1. The van der Waals surface area contributed by atoms with E-state index in [-0.39, 0.29) is 17.4 Å². The monoisotopic (exact) mass is 333 g/mol. The van der Waals surface area contributed by atoms with Crippen LogP contribution in [0.25, 0.3) is 0 Å². The summed E-state index contributed by atoms with van der Waals surface area (Å²) in [6, 6.07) is 3.15. The summed E-state index contributed by atoms with van der Waals surface area (Å²) in [7, 11) is 0. The molecule has 0 fully saturated rings. The average Bonchev–Trinajstić information content (AvgIpc) is 2.21. The zero-order chi connectivity index (χ0) is 13.9. The third-order valence-corrected chi connectivity index (χ3v) is 4.32. The van der Waals surface area contributed by atoms with Crippen molar-refractivity contribution >= 4 is 39.3 Å². The summed E-state index contributed by atoms with van der Waals surface area (Å²) in [6.45, 7) is 3.47. The Bertz CT molecular complexity index is 492. The van der Waals surface area contributed by atoms with Crippen LogP contribution in [0.3, 0.4) is 0 Å². The minimum atomic E-state index is -0.857. The topological polar surface area (TPSA) is 80.4 Å². The molecule has 1 aromatic carbocycles. The quantitative estimate of drug-likeness (QED) is 0.505. The second kappa shape index (κ2) is 6.19. The number of hydrogen-bond acceptors (Lipinski definition) is 4. The maximum atomic E-state index is 10.8. The Balaban J connectivity index is 2.94. The van der Waals surface area contributed by atoms with Crippen LogP contribution in [0, 0.1) is 17.0 Å². The van der Waals surface area contributed by atoms with E-state index in [0.717, 1.165) is 4.90 Å². The summed E-state index contributed by atoms with van der Waals surface area (Å²) < 4.78 is 0.613. The number of nitrogens with zero attached hydrogens (tertiary/aromatic N) is 1. The molecule has 5 nitrogen and oxygen atoms in total. The Morgan fingerprint density at radius 3 is 2.72 bits per heavy atom. The van der Waals surface area contributed by atoms with Crippen molar-refractivity contribution in [3.63, 3.8) is 0 Å². The van der Waals surface area contributed by atoms with Crippen molar-refractivity contribution < 1.29 is 14.8 Å². The number of carboxylic acids is 1. The zero-order valence-corrected chi connectivity index (χ0v) is 12.2. The zero-order valence-electron chi connectivity index (χ0n) is 9.84. The van der Waals surface area contributed by atoms with Gasteiger partial charge in [0.25, 0.3) is 5.69 Å². The van der Waals surface area contributed by atoms with Gasteiger partial charge in [-0.05, 0) is 28.9 Å². The minimum Gasteiger partial charge on any atom is -0.481 e. The summed E-state index contributed by atoms with van der Waals surface area (Å²) in [5.74, 6) is -0.857. The van der Waals surface area contributed by atoms with Gasteiger partial charge in [0.05, 0.1) is 11.3 Å². The first-order valence-corrected chi connectivity index (χ1v) is 6.81. The molecule has 1 aromatic rings. The average molecular weight is 334 g/mol. The minimum absolute atomic E-state index is 0.0488. The molecule has 0 aliphatic rings. The summed E-state index contributed by atoms with van der Waals surface area (Å²) in [5.41, 5.74) is 0.616. The van der Waals surface area contributed by atoms with Crippen LogP contribution in [-0.4, -0.2) is 21.2 Å². The first-order chi connectivity index (χ1) is 8.31. The van der Waals surface area contributed by atoms with Crippen molar-refractivity contribution in [1.29, 1.82) is 0 Å². The maximum absolute atomic E-state index is 10.8. The van der Waals surface area contributed by atoms with E-state index in [1.54, 1.807) is 13.0 Å². The Labute approximate surface area is 117 Å². The highest BCUT2D eigenvalue weighted by atomic mass is 79.9. The number of aryl methyl sites for hydroxylation is 1. The molecule has 0 aliphatic heterocycles. The number of benzene rings is 1. The third-order valence-electron chi connectivity index (χ3n) is 2.24. The molecule has 0 aromatic heterocycles. The van der Waals surface area contributed by atoms with E-state index in [0.29, 0.717) is 10.0 Å². The highest BCUT2D eigenvalue weighted by Gasteiger charge is 2.17. The highest BCUT2D eigenvalue weighted by Crippen LogP contribution is 2.36. The summed E-state index contributed by atoms with van der Waals surface area (Å²) in [5, 5.41) is 19.3. The fourth-order valence-corrected chi connectivity index (χ4v) is 3.12. The fourth-order valence-electron chi connectivity index (χ4n) is 1.44.